The molecule has 0 fully saturated rings. The van der Waals surface area contributed by atoms with Crippen molar-refractivity contribution in [3.05, 3.63) is 52.8 Å². The molecule has 0 unspecified atom stereocenters. The number of carbonyl (C=O) groups excluding carboxylic acids is 1. The second-order valence-electron chi connectivity index (χ2n) is 7.11. The number of aromatic nitrogens is 2. The quantitative estimate of drug-likeness (QED) is 0.747. The van der Waals surface area contributed by atoms with Crippen LogP contribution in [-0.4, -0.2) is 33.7 Å². The van der Waals surface area contributed by atoms with Crippen LogP contribution < -0.4 is 0 Å². The van der Waals surface area contributed by atoms with E-state index in [0.717, 1.165) is 29.9 Å². The summed E-state index contributed by atoms with van der Waals surface area (Å²) in [4.78, 5) is 14.6. The minimum absolute atomic E-state index is 0.156. The molecule has 1 aromatic carbocycles. The third-order valence-electron chi connectivity index (χ3n) is 4.46. The van der Waals surface area contributed by atoms with Crippen molar-refractivity contribution in [2.24, 2.45) is 13.0 Å². The van der Waals surface area contributed by atoms with Gasteiger partial charge in [-0.05, 0) is 43.9 Å². The van der Waals surface area contributed by atoms with E-state index in [-0.39, 0.29) is 5.91 Å². The average Bonchev–Trinajstić information content (AvgIpc) is 2.84. The van der Waals surface area contributed by atoms with E-state index in [2.05, 4.69) is 37.7 Å². The Labute approximate surface area is 157 Å². The lowest BCUT2D eigenvalue weighted by Crippen LogP contribution is -2.34. The van der Waals surface area contributed by atoms with Gasteiger partial charge in [0.05, 0.1) is 12.2 Å². The van der Waals surface area contributed by atoms with E-state index in [1.807, 2.05) is 53.9 Å². The number of hydrogen-bond acceptors (Lipinski definition) is 2. The topological polar surface area (TPSA) is 38.1 Å². The minimum atomic E-state index is 0.156. The second kappa shape index (κ2) is 9.24. The van der Waals surface area contributed by atoms with Crippen LogP contribution in [0, 0.1) is 31.6 Å². The Morgan fingerprint density at radius 3 is 2.50 bits per heavy atom. The third kappa shape index (κ3) is 5.49. The molecule has 4 nitrogen and oxygen atoms in total. The highest BCUT2D eigenvalue weighted by Crippen LogP contribution is 2.15. The number of hydrogen-bond donors (Lipinski definition) is 0. The summed E-state index contributed by atoms with van der Waals surface area (Å²) in [5, 5.41) is 4.43. The molecule has 0 N–H and O–H groups in total. The van der Waals surface area contributed by atoms with Crippen LogP contribution in [0.2, 0.25) is 0 Å². The first kappa shape index (κ1) is 19.8. The largest absolute Gasteiger partial charge is 0.331 e. The number of amides is 1. The number of benzene rings is 1. The molecule has 0 aliphatic rings. The molecular weight excluding hydrogens is 322 g/mol. The van der Waals surface area contributed by atoms with E-state index in [9.17, 15) is 4.79 Å². The lowest BCUT2D eigenvalue weighted by atomic mass is 10.1. The highest BCUT2D eigenvalue weighted by atomic mass is 16.2. The number of nitrogens with zero attached hydrogens (tertiary/aromatic N) is 3. The van der Waals surface area contributed by atoms with Crippen molar-refractivity contribution in [2.75, 3.05) is 13.1 Å². The maximum absolute atomic E-state index is 12.8. The first-order valence-electron chi connectivity index (χ1n) is 9.19. The van der Waals surface area contributed by atoms with Crippen molar-refractivity contribution in [3.63, 3.8) is 0 Å². The van der Waals surface area contributed by atoms with Crippen LogP contribution in [0.4, 0.5) is 0 Å². The Hall–Kier alpha value is -2.54. The van der Waals surface area contributed by atoms with Gasteiger partial charge in [0.1, 0.15) is 0 Å². The summed E-state index contributed by atoms with van der Waals surface area (Å²) in [5.41, 5.74) is 4.30. The number of aryl methyl sites for hydroxylation is 2. The second-order valence-corrected chi connectivity index (χ2v) is 7.11. The van der Waals surface area contributed by atoms with Crippen molar-refractivity contribution >= 4 is 5.91 Å². The summed E-state index contributed by atoms with van der Waals surface area (Å²) in [5.74, 6) is 6.87. The standard InChI is InChI=1S/C22H29N3O/c1-17(2)16-25(15-9-12-20-10-7-6-8-11-20)22(26)14-13-21-18(3)23-24(5)19(21)4/h6-8,10-11,17H,13-16H2,1-5H3. The molecule has 2 aromatic rings. The molecule has 0 aliphatic carbocycles. The van der Waals surface area contributed by atoms with Crippen LogP contribution in [0.5, 0.6) is 0 Å². The van der Waals surface area contributed by atoms with Crippen LogP contribution in [-0.2, 0) is 18.3 Å². The van der Waals surface area contributed by atoms with Crippen LogP contribution in [0.1, 0.15) is 42.8 Å². The van der Waals surface area contributed by atoms with Gasteiger partial charge in [-0.25, -0.2) is 0 Å². The van der Waals surface area contributed by atoms with Gasteiger partial charge in [0.2, 0.25) is 5.91 Å². The van der Waals surface area contributed by atoms with Crippen molar-refractivity contribution < 1.29 is 4.79 Å². The fraction of sp³-hybridized carbons (Fsp3) is 0.455. The summed E-state index contributed by atoms with van der Waals surface area (Å²) in [6.45, 7) is 9.51. The molecule has 138 valence electrons. The van der Waals surface area contributed by atoms with Crippen LogP contribution in [0.3, 0.4) is 0 Å². The average molecular weight is 351 g/mol. The van der Waals surface area contributed by atoms with Gasteiger partial charge in [0.25, 0.3) is 0 Å². The molecule has 0 radical (unpaired) electrons. The van der Waals surface area contributed by atoms with Gasteiger partial charge in [-0.2, -0.15) is 5.10 Å². The predicted octanol–water partition coefficient (Wildman–Crippen LogP) is 3.51. The molecule has 1 amide bonds. The van der Waals surface area contributed by atoms with E-state index in [0.29, 0.717) is 18.9 Å². The van der Waals surface area contributed by atoms with Crippen LogP contribution in [0.25, 0.3) is 0 Å². The predicted molar refractivity (Wildman–Crippen MR) is 106 cm³/mol. The number of carbonyl (C=O) groups is 1. The normalized spacial score (nSPS) is 10.5. The molecule has 26 heavy (non-hydrogen) atoms. The summed E-state index contributed by atoms with van der Waals surface area (Å²) >= 11 is 0. The molecule has 0 spiro atoms. The fourth-order valence-electron chi connectivity index (χ4n) is 3.02. The Bertz CT molecular complexity index is 794. The van der Waals surface area contributed by atoms with E-state index in [4.69, 9.17) is 0 Å². The molecule has 1 heterocycles. The first-order chi connectivity index (χ1) is 12.4. The molecule has 1 aromatic heterocycles. The van der Waals surface area contributed by atoms with Gasteiger partial charge in [-0.15, -0.1) is 0 Å². The summed E-state index contributed by atoms with van der Waals surface area (Å²) in [6.07, 6.45) is 1.22. The molecule has 0 atom stereocenters. The van der Waals surface area contributed by atoms with Crippen molar-refractivity contribution in [1.82, 2.24) is 14.7 Å². The van der Waals surface area contributed by atoms with Crippen molar-refractivity contribution in [1.29, 1.82) is 0 Å². The minimum Gasteiger partial charge on any atom is -0.331 e. The lowest BCUT2D eigenvalue weighted by Gasteiger charge is -2.22. The van der Waals surface area contributed by atoms with E-state index in [1.165, 1.54) is 5.56 Å². The molecular formula is C22H29N3O. The van der Waals surface area contributed by atoms with Gasteiger partial charge >= 0.3 is 0 Å². The molecule has 2 rings (SSSR count). The van der Waals surface area contributed by atoms with Crippen LogP contribution >= 0.6 is 0 Å². The summed E-state index contributed by atoms with van der Waals surface area (Å²) in [7, 11) is 1.94. The zero-order valence-electron chi connectivity index (χ0n) is 16.5. The monoisotopic (exact) mass is 351 g/mol. The smallest absolute Gasteiger partial charge is 0.223 e. The van der Waals surface area contributed by atoms with Gasteiger partial charge in [-0.1, -0.05) is 43.9 Å². The highest BCUT2D eigenvalue weighted by Gasteiger charge is 2.16. The van der Waals surface area contributed by atoms with E-state index in [1.54, 1.807) is 0 Å². The van der Waals surface area contributed by atoms with E-state index >= 15 is 0 Å². The van der Waals surface area contributed by atoms with Gasteiger partial charge in [-0.3, -0.25) is 9.48 Å². The first-order valence-corrected chi connectivity index (χ1v) is 9.19. The van der Waals surface area contributed by atoms with Gasteiger partial charge in [0, 0.05) is 31.3 Å². The lowest BCUT2D eigenvalue weighted by molar-refractivity contribution is -0.131. The Morgan fingerprint density at radius 1 is 1.23 bits per heavy atom. The number of rotatable bonds is 6. The third-order valence-corrected chi connectivity index (χ3v) is 4.46. The zero-order chi connectivity index (χ0) is 19.1. The maximum Gasteiger partial charge on any atom is 0.223 e. The molecule has 0 aliphatic heterocycles. The van der Waals surface area contributed by atoms with Crippen LogP contribution in [0.15, 0.2) is 30.3 Å². The molecule has 4 heteroatoms. The SMILES string of the molecule is Cc1nn(C)c(C)c1CCC(=O)N(CC#Cc1ccccc1)CC(C)C. The fourth-order valence-corrected chi connectivity index (χ4v) is 3.02. The Kier molecular flexibility index (Phi) is 7.03. The molecule has 0 saturated heterocycles. The molecule has 0 saturated carbocycles. The summed E-state index contributed by atoms with van der Waals surface area (Å²) < 4.78 is 1.88. The Morgan fingerprint density at radius 2 is 1.92 bits per heavy atom. The highest BCUT2D eigenvalue weighted by molar-refractivity contribution is 5.76. The molecule has 0 bridgehead atoms. The maximum atomic E-state index is 12.8. The van der Waals surface area contributed by atoms with Crippen molar-refractivity contribution in [2.45, 2.75) is 40.5 Å². The summed E-state index contributed by atoms with van der Waals surface area (Å²) in [6, 6.07) is 9.88. The van der Waals surface area contributed by atoms with E-state index < -0.39 is 0 Å². The van der Waals surface area contributed by atoms with Crippen molar-refractivity contribution in [3.8, 4) is 11.8 Å². The Balaban J connectivity index is 2.01. The van der Waals surface area contributed by atoms with Gasteiger partial charge < -0.3 is 4.90 Å². The zero-order valence-corrected chi connectivity index (χ0v) is 16.5. The van der Waals surface area contributed by atoms with Gasteiger partial charge in [0.15, 0.2) is 0 Å².